The van der Waals surface area contributed by atoms with Gasteiger partial charge in [-0.3, -0.25) is 20.1 Å². The van der Waals surface area contributed by atoms with E-state index in [9.17, 15) is 10.1 Å². The molecule has 120 valence electrons. The van der Waals surface area contributed by atoms with Gasteiger partial charge in [-0.2, -0.15) is 0 Å². The highest BCUT2D eigenvalue weighted by molar-refractivity contribution is 5.74. The van der Waals surface area contributed by atoms with E-state index in [-0.39, 0.29) is 4.92 Å². The first kappa shape index (κ1) is 16.5. The van der Waals surface area contributed by atoms with Crippen LogP contribution < -0.4 is 5.73 Å². The maximum atomic E-state index is 11.3. The zero-order valence-corrected chi connectivity index (χ0v) is 12.8. The first-order valence-corrected chi connectivity index (χ1v) is 7.59. The van der Waals surface area contributed by atoms with Crippen LogP contribution in [0.25, 0.3) is 0 Å². The molecule has 22 heavy (non-hydrogen) atoms. The van der Waals surface area contributed by atoms with Gasteiger partial charge in [-0.05, 0) is 31.4 Å². The minimum atomic E-state index is -1.14. The molecule has 7 heteroatoms. The van der Waals surface area contributed by atoms with Crippen LogP contribution in [0.5, 0.6) is 0 Å². The highest BCUT2D eigenvalue weighted by atomic mass is 16.6. The summed E-state index contributed by atoms with van der Waals surface area (Å²) in [7, 11) is 0. The lowest BCUT2D eigenvalue weighted by molar-refractivity contribution is -0.514. The lowest BCUT2D eigenvalue weighted by atomic mass is 9.81. The smallest absolute Gasteiger partial charge is 0.271 e. The van der Waals surface area contributed by atoms with E-state index in [0.29, 0.717) is 37.4 Å². The predicted molar refractivity (Wildman–Crippen MR) is 84.0 cm³/mol. The van der Waals surface area contributed by atoms with Crippen molar-refractivity contribution in [2.75, 3.05) is 13.2 Å². The van der Waals surface area contributed by atoms with E-state index in [0.717, 1.165) is 12.8 Å². The summed E-state index contributed by atoms with van der Waals surface area (Å²) in [4.78, 5) is 19.3. The molecule has 0 radical (unpaired) electrons. The summed E-state index contributed by atoms with van der Waals surface area (Å²) in [5.41, 5.74) is 6.36. The molecule has 0 bridgehead atoms. The Hall–Kier alpha value is -1.86. The molecule has 1 aromatic heterocycles. The van der Waals surface area contributed by atoms with E-state index in [1.54, 1.807) is 18.3 Å². The van der Waals surface area contributed by atoms with Crippen molar-refractivity contribution >= 4 is 11.9 Å². The van der Waals surface area contributed by atoms with E-state index >= 15 is 0 Å². The summed E-state index contributed by atoms with van der Waals surface area (Å²) in [6.07, 6.45) is 6.09. The number of nitrogens with two attached hydrogens (primary N) is 1. The van der Waals surface area contributed by atoms with Crippen molar-refractivity contribution in [3.8, 4) is 0 Å². The molecule has 0 aromatic carbocycles. The number of nitro groups is 1. The highest BCUT2D eigenvalue weighted by Gasteiger charge is 2.48. The molecule has 1 aromatic rings. The third-order valence-electron chi connectivity index (χ3n) is 3.86. The highest BCUT2D eigenvalue weighted by Crippen LogP contribution is 2.36. The molecule has 0 spiro atoms. The summed E-state index contributed by atoms with van der Waals surface area (Å²) in [6, 6.07) is 2.45. The van der Waals surface area contributed by atoms with Gasteiger partial charge in [-0.1, -0.05) is 13.3 Å². The normalized spacial score (nSPS) is 23.3. The maximum absolute atomic E-state index is 11.3. The molecule has 0 fully saturated rings. The van der Waals surface area contributed by atoms with Crippen molar-refractivity contribution in [3.63, 3.8) is 0 Å². The first-order chi connectivity index (χ1) is 10.6. The summed E-state index contributed by atoms with van der Waals surface area (Å²) in [5, 5.41) is 11.3. The Morgan fingerprint density at radius 1 is 1.45 bits per heavy atom. The van der Waals surface area contributed by atoms with Crippen LogP contribution >= 0.6 is 0 Å². The summed E-state index contributed by atoms with van der Waals surface area (Å²) in [5.74, 6) is 0. The van der Waals surface area contributed by atoms with Crippen LogP contribution in [0.3, 0.4) is 0 Å². The van der Waals surface area contributed by atoms with E-state index in [2.05, 4.69) is 16.9 Å². The van der Waals surface area contributed by atoms with Crippen LogP contribution in [0.1, 0.15) is 38.3 Å². The molecule has 1 aliphatic heterocycles. The molecule has 0 saturated heterocycles. The Balaban J connectivity index is 2.09. The van der Waals surface area contributed by atoms with Gasteiger partial charge in [0.2, 0.25) is 0 Å². The third-order valence-corrected chi connectivity index (χ3v) is 3.86. The van der Waals surface area contributed by atoms with Crippen LogP contribution in [0.2, 0.25) is 0 Å². The summed E-state index contributed by atoms with van der Waals surface area (Å²) in [6.45, 7) is 3.36. The average Bonchev–Trinajstić information content (AvgIpc) is 2.51. The van der Waals surface area contributed by atoms with Crippen LogP contribution in [0, 0.1) is 10.1 Å². The monoisotopic (exact) mass is 306 g/mol. The number of rotatable bonds is 8. The number of nitrogens with zero attached hydrogens (tertiary/aromatic N) is 3. The summed E-state index contributed by atoms with van der Waals surface area (Å²) >= 11 is 0. The SMILES string of the molecule is CCCCOCCCC1(N)c2ncccc2N=CC1[N+](=O)[O-]. The second kappa shape index (κ2) is 7.42. The lowest BCUT2D eigenvalue weighted by Crippen LogP contribution is -2.54. The van der Waals surface area contributed by atoms with Crippen molar-refractivity contribution in [1.82, 2.24) is 4.98 Å². The Morgan fingerprint density at radius 2 is 2.23 bits per heavy atom. The fraction of sp³-hybridized carbons (Fsp3) is 0.600. The van der Waals surface area contributed by atoms with Gasteiger partial charge in [-0.25, -0.2) is 0 Å². The zero-order valence-electron chi connectivity index (χ0n) is 12.8. The second-order valence-corrected chi connectivity index (χ2v) is 5.49. The molecule has 2 N–H and O–H groups in total. The van der Waals surface area contributed by atoms with Crippen molar-refractivity contribution in [2.45, 2.75) is 44.2 Å². The molecule has 2 heterocycles. The Morgan fingerprint density at radius 3 is 2.95 bits per heavy atom. The van der Waals surface area contributed by atoms with Crippen LogP contribution in [0.15, 0.2) is 23.3 Å². The van der Waals surface area contributed by atoms with E-state index < -0.39 is 11.6 Å². The fourth-order valence-electron chi connectivity index (χ4n) is 2.61. The molecule has 0 saturated carbocycles. The number of fused-ring (bicyclic) bond motifs is 1. The molecule has 2 unspecified atom stereocenters. The Labute approximate surface area is 129 Å². The number of pyridine rings is 1. The Bertz CT molecular complexity index is 549. The number of aliphatic imine (C=N–C) groups is 1. The molecule has 2 atom stereocenters. The van der Waals surface area contributed by atoms with Crippen molar-refractivity contribution < 1.29 is 9.66 Å². The van der Waals surface area contributed by atoms with Gasteiger partial charge in [0, 0.05) is 24.3 Å². The molecule has 2 rings (SSSR count). The number of aromatic nitrogens is 1. The van der Waals surface area contributed by atoms with Crippen LogP contribution in [-0.2, 0) is 10.3 Å². The minimum Gasteiger partial charge on any atom is -0.381 e. The van der Waals surface area contributed by atoms with Crippen LogP contribution in [-0.4, -0.2) is 35.4 Å². The maximum Gasteiger partial charge on any atom is 0.271 e. The second-order valence-electron chi connectivity index (χ2n) is 5.49. The molecule has 0 amide bonds. The van der Waals surface area contributed by atoms with Gasteiger partial charge in [0.15, 0.2) is 0 Å². The van der Waals surface area contributed by atoms with Crippen molar-refractivity contribution in [3.05, 3.63) is 34.1 Å². The fourth-order valence-corrected chi connectivity index (χ4v) is 2.61. The molecular formula is C15H22N4O3. The number of unbranched alkanes of at least 4 members (excludes halogenated alkanes) is 1. The lowest BCUT2D eigenvalue weighted by Gasteiger charge is -2.32. The molecule has 1 aliphatic rings. The van der Waals surface area contributed by atoms with E-state index in [4.69, 9.17) is 10.5 Å². The van der Waals surface area contributed by atoms with Crippen molar-refractivity contribution in [1.29, 1.82) is 0 Å². The number of ether oxygens (including phenoxy) is 1. The van der Waals surface area contributed by atoms with E-state index in [1.807, 2.05) is 0 Å². The third kappa shape index (κ3) is 3.48. The van der Waals surface area contributed by atoms with Crippen LogP contribution in [0.4, 0.5) is 5.69 Å². The van der Waals surface area contributed by atoms with Gasteiger partial charge in [0.1, 0.15) is 5.54 Å². The van der Waals surface area contributed by atoms with Gasteiger partial charge in [-0.15, -0.1) is 0 Å². The topological polar surface area (TPSA) is 104 Å². The average molecular weight is 306 g/mol. The van der Waals surface area contributed by atoms with Gasteiger partial charge >= 0.3 is 0 Å². The minimum absolute atomic E-state index is 0.390. The summed E-state index contributed by atoms with van der Waals surface area (Å²) < 4.78 is 5.51. The zero-order chi connectivity index (χ0) is 16.0. The quantitative estimate of drug-likeness (QED) is 0.450. The van der Waals surface area contributed by atoms with E-state index in [1.165, 1.54) is 6.21 Å². The molecule has 0 aliphatic carbocycles. The number of hydrogen-bond acceptors (Lipinski definition) is 6. The molecule has 7 nitrogen and oxygen atoms in total. The Kier molecular flexibility index (Phi) is 5.57. The predicted octanol–water partition coefficient (Wildman–Crippen LogP) is 2.19. The standard InChI is InChI=1S/C15H22N4O3/c1-2-3-9-22-10-5-7-15(16)13(19(20)21)11-18-12-6-4-8-17-14(12)15/h4,6,8,11,13H,2-3,5,7,9-10,16H2,1H3. The largest absolute Gasteiger partial charge is 0.381 e. The van der Waals surface area contributed by atoms with Crippen molar-refractivity contribution in [2.24, 2.45) is 10.7 Å². The van der Waals surface area contributed by atoms with Gasteiger partial charge in [0.05, 0.1) is 17.6 Å². The first-order valence-electron chi connectivity index (χ1n) is 7.59. The molecular weight excluding hydrogens is 284 g/mol. The number of hydrogen-bond donors (Lipinski definition) is 1. The van der Waals surface area contributed by atoms with Gasteiger partial charge in [0.25, 0.3) is 6.04 Å². The van der Waals surface area contributed by atoms with Gasteiger partial charge < -0.3 is 10.5 Å².